The van der Waals surface area contributed by atoms with Crippen molar-refractivity contribution in [1.82, 2.24) is 4.72 Å². The van der Waals surface area contributed by atoms with Gasteiger partial charge in [0.05, 0.1) is 4.34 Å². The van der Waals surface area contributed by atoms with Crippen molar-refractivity contribution in [3.63, 3.8) is 0 Å². The number of sulfonamides is 1. The minimum Gasteiger partial charge on any atom is -0.207 e. The predicted molar refractivity (Wildman–Crippen MR) is 62.3 cm³/mol. The number of alkyl halides is 1. The Morgan fingerprint density at radius 2 is 2.07 bits per heavy atom. The van der Waals surface area contributed by atoms with Crippen LogP contribution in [0.15, 0.2) is 16.3 Å². The standard InChI is InChI=1S/C8H9Cl2NO2S2/c9-5-3-6(4-5)11-15(12,13)8-2-1-7(10)14-8/h1-2,5-6,11H,3-4H2. The van der Waals surface area contributed by atoms with E-state index in [0.717, 1.165) is 11.3 Å². The summed E-state index contributed by atoms with van der Waals surface area (Å²) >= 11 is 12.5. The molecule has 1 aromatic rings. The Bertz CT molecular complexity index is 451. The van der Waals surface area contributed by atoms with Crippen molar-refractivity contribution in [1.29, 1.82) is 0 Å². The van der Waals surface area contributed by atoms with Crippen LogP contribution in [0.1, 0.15) is 12.8 Å². The number of halogens is 2. The molecule has 1 saturated carbocycles. The van der Waals surface area contributed by atoms with Crippen molar-refractivity contribution in [3.8, 4) is 0 Å². The Morgan fingerprint density at radius 3 is 2.53 bits per heavy atom. The van der Waals surface area contributed by atoms with Crippen LogP contribution in [0.5, 0.6) is 0 Å². The molecule has 1 aromatic heterocycles. The molecule has 0 bridgehead atoms. The van der Waals surface area contributed by atoms with Gasteiger partial charge in [0, 0.05) is 11.4 Å². The number of nitrogens with one attached hydrogen (secondary N) is 1. The van der Waals surface area contributed by atoms with E-state index in [1.54, 1.807) is 6.07 Å². The van der Waals surface area contributed by atoms with Crippen LogP contribution < -0.4 is 4.72 Å². The van der Waals surface area contributed by atoms with Gasteiger partial charge in [-0.1, -0.05) is 11.6 Å². The van der Waals surface area contributed by atoms with Gasteiger partial charge >= 0.3 is 0 Å². The molecule has 3 nitrogen and oxygen atoms in total. The Morgan fingerprint density at radius 1 is 1.40 bits per heavy atom. The maximum Gasteiger partial charge on any atom is 0.250 e. The van der Waals surface area contributed by atoms with Crippen molar-refractivity contribution in [2.24, 2.45) is 0 Å². The molecule has 0 aliphatic heterocycles. The van der Waals surface area contributed by atoms with Crippen molar-refractivity contribution in [3.05, 3.63) is 16.5 Å². The van der Waals surface area contributed by atoms with E-state index in [1.165, 1.54) is 6.07 Å². The quantitative estimate of drug-likeness (QED) is 0.868. The van der Waals surface area contributed by atoms with Crippen molar-refractivity contribution in [2.75, 3.05) is 0 Å². The smallest absolute Gasteiger partial charge is 0.207 e. The maximum absolute atomic E-state index is 11.8. The zero-order valence-corrected chi connectivity index (χ0v) is 10.8. The molecule has 0 unspecified atom stereocenters. The highest BCUT2D eigenvalue weighted by Gasteiger charge is 2.31. The normalized spacial score (nSPS) is 26.3. The van der Waals surface area contributed by atoms with Crippen LogP contribution >= 0.6 is 34.5 Å². The molecule has 1 heterocycles. The highest BCUT2D eigenvalue weighted by molar-refractivity contribution is 7.91. The lowest BCUT2D eigenvalue weighted by molar-refractivity contribution is 0.391. The summed E-state index contributed by atoms with van der Waals surface area (Å²) < 4.78 is 26.8. The summed E-state index contributed by atoms with van der Waals surface area (Å²) in [7, 11) is -3.40. The molecule has 1 aliphatic carbocycles. The van der Waals surface area contributed by atoms with Gasteiger partial charge in [-0.05, 0) is 25.0 Å². The third kappa shape index (κ3) is 2.65. The Balaban J connectivity index is 2.07. The first-order chi connectivity index (χ1) is 6.97. The van der Waals surface area contributed by atoms with Gasteiger partial charge in [-0.25, -0.2) is 13.1 Å². The van der Waals surface area contributed by atoms with Crippen LogP contribution in [0.4, 0.5) is 0 Å². The lowest BCUT2D eigenvalue weighted by Gasteiger charge is -2.30. The average molecular weight is 286 g/mol. The number of hydrogen-bond donors (Lipinski definition) is 1. The van der Waals surface area contributed by atoms with Gasteiger partial charge in [-0.15, -0.1) is 22.9 Å². The molecular formula is C8H9Cl2NO2S2. The van der Waals surface area contributed by atoms with Crippen molar-refractivity contribution >= 4 is 44.6 Å². The second-order valence-electron chi connectivity index (χ2n) is 3.45. The molecule has 15 heavy (non-hydrogen) atoms. The van der Waals surface area contributed by atoms with Gasteiger partial charge in [-0.3, -0.25) is 0 Å². The fourth-order valence-electron chi connectivity index (χ4n) is 1.36. The van der Waals surface area contributed by atoms with Gasteiger partial charge in [0.25, 0.3) is 0 Å². The van der Waals surface area contributed by atoms with E-state index < -0.39 is 10.0 Å². The molecule has 1 aliphatic rings. The fraction of sp³-hybridized carbons (Fsp3) is 0.500. The summed E-state index contributed by atoms with van der Waals surface area (Å²) in [4.78, 5) is 0. The predicted octanol–water partition coefficient (Wildman–Crippen LogP) is 2.45. The first kappa shape index (κ1) is 11.7. The number of hydrogen-bond acceptors (Lipinski definition) is 3. The van der Waals surface area contributed by atoms with Gasteiger partial charge in [0.2, 0.25) is 10.0 Å². The first-order valence-electron chi connectivity index (χ1n) is 4.39. The summed E-state index contributed by atoms with van der Waals surface area (Å²) in [6.45, 7) is 0. The van der Waals surface area contributed by atoms with Crippen LogP contribution in [0.3, 0.4) is 0 Å². The number of rotatable bonds is 3. The third-order valence-electron chi connectivity index (χ3n) is 2.22. The third-order valence-corrected chi connectivity index (χ3v) is 5.82. The summed E-state index contributed by atoms with van der Waals surface area (Å²) in [5.74, 6) is 0. The zero-order valence-electron chi connectivity index (χ0n) is 7.61. The van der Waals surface area contributed by atoms with E-state index in [-0.39, 0.29) is 15.6 Å². The van der Waals surface area contributed by atoms with Gasteiger partial charge in [-0.2, -0.15) is 0 Å². The van der Waals surface area contributed by atoms with Gasteiger partial charge < -0.3 is 0 Å². The molecule has 1 N–H and O–H groups in total. The second kappa shape index (κ2) is 4.22. The monoisotopic (exact) mass is 285 g/mol. The molecule has 0 amide bonds. The van der Waals surface area contributed by atoms with E-state index in [9.17, 15) is 8.42 Å². The molecule has 1 fully saturated rings. The molecule has 84 valence electrons. The summed E-state index contributed by atoms with van der Waals surface area (Å²) in [6.07, 6.45) is 1.39. The molecular weight excluding hydrogens is 277 g/mol. The molecule has 0 saturated heterocycles. The van der Waals surface area contributed by atoms with Crippen molar-refractivity contribution in [2.45, 2.75) is 28.5 Å². The van der Waals surface area contributed by atoms with Gasteiger partial charge in [0.15, 0.2) is 0 Å². The highest BCUT2D eigenvalue weighted by Crippen LogP contribution is 2.29. The molecule has 0 radical (unpaired) electrons. The molecule has 7 heteroatoms. The van der Waals surface area contributed by atoms with E-state index in [2.05, 4.69) is 4.72 Å². The summed E-state index contributed by atoms with van der Waals surface area (Å²) in [6, 6.07) is 3.05. The van der Waals surface area contributed by atoms with E-state index in [4.69, 9.17) is 23.2 Å². The lowest BCUT2D eigenvalue weighted by Crippen LogP contribution is -2.44. The number of thiophene rings is 1. The Hall–Kier alpha value is 0.190. The van der Waals surface area contributed by atoms with Crippen LogP contribution in [-0.4, -0.2) is 19.8 Å². The van der Waals surface area contributed by atoms with Crippen LogP contribution in [-0.2, 0) is 10.0 Å². The molecule has 0 aromatic carbocycles. The van der Waals surface area contributed by atoms with E-state index >= 15 is 0 Å². The van der Waals surface area contributed by atoms with E-state index in [0.29, 0.717) is 17.2 Å². The molecule has 2 rings (SSSR count). The van der Waals surface area contributed by atoms with Crippen molar-refractivity contribution < 1.29 is 8.42 Å². The first-order valence-corrected chi connectivity index (χ1v) is 7.50. The van der Waals surface area contributed by atoms with Crippen LogP contribution in [0.2, 0.25) is 4.34 Å². The topological polar surface area (TPSA) is 46.2 Å². The minimum absolute atomic E-state index is 0.0293. The summed E-state index contributed by atoms with van der Waals surface area (Å²) in [5, 5.41) is 0.102. The molecule has 0 atom stereocenters. The summed E-state index contributed by atoms with van der Waals surface area (Å²) in [5.41, 5.74) is 0. The second-order valence-corrected chi connectivity index (χ2v) is 7.72. The van der Waals surface area contributed by atoms with Gasteiger partial charge in [0.1, 0.15) is 4.21 Å². The largest absolute Gasteiger partial charge is 0.250 e. The van der Waals surface area contributed by atoms with E-state index in [1.807, 2.05) is 0 Å². The lowest BCUT2D eigenvalue weighted by atomic mass is 9.94. The Labute approximate surface area is 102 Å². The zero-order chi connectivity index (χ0) is 11.1. The van der Waals surface area contributed by atoms with Crippen LogP contribution in [0, 0.1) is 0 Å². The minimum atomic E-state index is -3.40. The fourth-order valence-corrected chi connectivity index (χ4v) is 4.56. The highest BCUT2D eigenvalue weighted by atomic mass is 35.5. The Kier molecular flexibility index (Phi) is 3.28. The maximum atomic E-state index is 11.8. The molecule has 0 spiro atoms. The van der Waals surface area contributed by atoms with Crippen LogP contribution in [0.25, 0.3) is 0 Å². The average Bonchev–Trinajstić information content (AvgIpc) is 2.49. The SMILES string of the molecule is O=S(=O)(NC1CC(Cl)C1)c1ccc(Cl)s1.